The van der Waals surface area contributed by atoms with Crippen LogP contribution in [0.4, 0.5) is 0 Å². The minimum atomic E-state index is -0.201. The molecule has 0 bridgehead atoms. The van der Waals surface area contributed by atoms with Gasteiger partial charge in [-0.15, -0.1) is 0 Å². The van der Waals surface area contributed by atoms with E-state index in [1.54, 1.807) is 24.3 Å². The highest BCUT2D eigenvalue weighted by atomic mass is 35.5. The zero-order valence-corrected chi connectivity index (χ0v) is 22.4. The van der Waals surface area contributed by atoms with Crippen LogP contribution in [0.5, 0.6) is 5.75 Å². The maximum absolute atomic E-state index is 14.5. The number of phenols is 1. The molecule has 0 radical (unpaired) electrons. The van der Waals surface area contributed by atoms with Crippen molar-refractivity contribution in [1.82, 2.24) is 0 Å². The molecular weight excluding hydrogens is 528 g/mol. The summed E-state index contributed by atoms with van der Waals surface area (Å²) in [6.45, 7) is 0. The molecule has 0 fully saturated rings. The number of fused-ring (bicyclic) bond motifs is 9. The summed E-state index contributed by atoms with van der Waals surface area (Å²) < 4.78 is 6.80. The molecule has 0 aliphatic heterocycles. The van der Waals surface area contributed by atoms with E-state index in [0.717, 1.165) is 43.1 Å². The first kappa shape index (κ1) is 23.7. The van der Waals surface area contributed by atoms with Crippen LogP contribution in [-0.2, 0) is 0 Å². The number of phenolic OH excluding ortho intramolecular Hbond substituents is 1. The van der Waals surface area contributed by atoms with Crippen molar-refractivity contribution < 1.29 is 14.3 Å². The lowest BCUT2D eigenvalue weighted by Crippen LogP contribution is -2.03. The second-order valence-corrected chi connectivity index (χ2v) is 10.7. The fourth-order valence-electron chi connectivity index (χ4n) is 6.22. The van der Waals surface area contributed by atoms with Crippen molar-refractivity contribution in [3.63, 3.8) is 0 Å². The molecule has 1 heterocycles. The van der Waals surface area contributed by atoms with Crippen LogP contribution in [0, 0.1) is 0 Å². The average molecular weight is 549 g/mol. The molecule has 0 saturated heterocycles. The number of hydrogen-bond acceptors (Lipinski definition) is 3. The number of benzene rings is 7. The Hall–Kier alpha value is -5.12. The van der Waals surface area contributed by atoms with E-state index in [2.05, 4.69) is 12.1 Å². The summed E-state index contributed by atoms with van der Waals surface area (Å²) in [6.07, 6.45) is 0. The van der Waals surface area contributed by atoms with Crippen LogP contribution >= 0.6 is 11.6 Å². The topological polar surface area (TPSA) is 50.4 Å². The van der Waals surface area contributed by atoms with Gasteiger partial charge in [0.2, 0.25) is 0 Å². The lowest BCUT2D eigenvalue weighted by Gasteiger charge is -2.13. The van der Waals surface area contributed by atoms with Gasteiger partial charge in [-0.25, -0.2) is 0 Å². The average Bonchev–Trinajstić information content (AvgIpc) is 3.42. The number of halogens is 1. The Morgan fingerprint density at radius 2 is 1.02 bits per heavy atom. The molecule has 4 heteroatoms. The van der Waals surface area contributed by atoms with Crippen molar-refractivity contribution in [2.75, 3.05) is 0 Å². The number of rotatable bonds is 3. The molecule has 0 unspecified atom stereocenters. The minimum absolute atomic E-state index is 0.0807. The minimum Gasteiger partial charge on any atom is -0.507 e. The van der Waals surface area contributed by atoms with Gasteiger partial charge in [-0.2, -0.15) is 0 Å². The van der Waals surface area contributed by atoms with Crippen LogP contribution in [0.15, 0.2) is 126 Å². The molecule has 0 saturated carbocycles. The Morgan fingerprint density at radius 3 is 1.66 bits per heavy atom. The maximum Gasteiger partial charge on any atom is 0.197 e. The van der Waals surface area contributed by atoms with Gasteiger partial charge < -0.3 is 9.52 Å². The molecule has 1 aromatic heterocycles. The van der Waals surface area contributed by atoms with Crippen molar-refractivity contribution in [1.29, 1.82) is 0 Å². The molecule has 0 aliphatic carbocycles. The van der Waals surface area contributed by atoms with Crippen LogP contribution in [0.2, 0.25) is 5.02 Å². The normalized spacial score (nSPS) is 11.7. The van der Waals surface area contributed by atoms with Crippen LogP contribution in [-0.4, -0.2) is 10.9 Å². The fourth-order valence-corrected chi connectivity index (χ4v) is 6.35. The molecule has 1 N–H and O–H groups in total. The highest BCUT2D eigenvalue weighted by Gasteiger charge is 2.30. The SMILES string of the molecule is O=C(c1ccc(Cl)cc1)c1c(-c2c(O)c3ccccc3c3ccccc23)oc2c3ccccc3c3ccccc3c12. The highest BCUT2D eigenvalue weighted by molar-refractivity contribution is 6.33. The van der Waals surface area contributed by atoms with Crippen LogP contribution in [0.1, 0.15) is 15.9 Å². The molecular formula is C37H21ClO3. The number of furan rings is 1. The smallest absolute Gasteiger partial charge is 0.197 e. The van der Waals surface area contributed by atoms with Gasteiger partial charge in [0.05, 0.1) is 11.1 Å². The number of carbonyl (C=O) groups excluding carboxylic acids is 1. The first-order valence-electron chi connectivity index (χ1n) is 13.4. The zero-order valence-electron chi connectivity index (χ0n) is 21.7. The molecule has 7 aromatic carbocycles. The molecule has 41 heavy (non-hydrogen) atoms. The molecule has 3 nitrogen and oxygen atoms in total. The lowest BCUT2D eigenvalue weighted by atomic mass is 9.89. The summed E-state index contributed by atoms with van der Waals surface area (Å²) >= 11 is 6.19. The summed E-state index contributed by atoms with van der Waals surface area (Å²) in [4.78, 5) is 14.5. The standard InChI is InChI=1S/C37H21ClO3/c38-22-19-17-21(18-20-22)34(39)33-31-27-13-5-1-10-24(27)26-12-4-8-16-30(26)36(31)41-37(33)32-28-14-6-2-9-23(28)25-11-3-7-15-29(25)35(32)40/h1-20,40H. The van der Waals surface area contributed by atoms with Gasteiger partial charge in [0.25, 0.3) is 0 Å². The van der Waals surface area contributed by atoms with E-state index in [1.165, 1.54) is 0 Å². The molecule has 0 atom stereocenters. The van der Waals surface area contributed by atoms with Crippen LogP contribution in [0.3, 0.4) is 0 Å². The maximum atomic E-state index is 14.5. The highest BCUT2D eigenvalue weighted by Crippen LogP contribution is 2.49. The molecule has 8 rings (SSSR count). The third-order valence-corrected chi connectivity index (χ3v) is 8.28. The third kappa shape index (κ3) is 3.43. The lowest BCUT2D eigenvalue weighted by molar-refractivity contribution is 0.104. The van der Waals surface area contributed by atoms with E-state index in [1.807, 2.05) is 84.9 Å². The second-order valence-electron chi connectivity index (χ2n) is 10.3. The van der Waals surface area contributed by atoms with Crippen LogP contribution < -0.4 is 0 Å². The van der Waals surface area contributed by atoms with Crippen molar-refractivity contribution in [2.24, 2.45) is 0 Å². The Labute approximate surface area is 239 Å². The van der Waals surface area contributed by atoms with Gasteiger partial charge in [-0.1, -0.05) is 109 Å². The quantitative estimate of drug-likeness (QED) is 0.176. The second kappa shape index (κ2) is 8.95. The molecule has 194 valence electrons. The first-order valence-corrected chi connectivity index (χ1v) is 13.8. The van der Waals surface area contributed by atoms with Gasteiger partial charge in [-0.3, -0.25) is 4.79 Å². The Balaban J connectivity index is 1.61. The number of ketones is 1. The Morgan fingerprint density at radius 1 is 0.561 bits per heavy atom. The molecule has 0 aliphatic rings. The summed E-state index contributed by atoms with van der Waals surface area (Å²) in [7, 11) is 0. The van der Waals surface area contributed by atoms with E-state index < -0.39 is 0 Å². The Bertz CT molecular complexity index is 2350. The number of aromatic hydroxyl groups is 1. The molecule has 0 spiro atoms. The zero-order chi connectivity index (χ0) is 27.7. The summed E-state index contributed by atoms with van der Waals surface area (Å²) in [5.74, 6) is 0.227. The van der Waals surface area contributed by atoms with E-state index in [4.69, 9.17) is 16.0 Å². The largest absolute Gasteiger partial charge is 0.507 e. The number of carbonyl (C=O) groups is 1. The summed E-state index contributed by atoms with van der Waals surface area (Å²) in [5.41, 5.74) is 2.02. The van der Waals surface area contributed by atoms with E-state index in [-0.39, 0.29) is 11.5 Å². The van der Waals surface area contributed by atoms with Gasteiger partial charge >= 0.3 is 0 Å². The predicted molar refractivity (Wildman–Crippen MR) is 168 cm³/mol. The summed E-state index contributed by atoms with van der Waals surface area (Å²) in [6, 6.07) is 38.7. The first-order chi connectivity index (χ1) is 20.1. The van der Waals surface area contributed by atoms with E-state index in [0.29, 0.717) is 38.4 Å². The third-order valence-electron chi connectivity index (χ3n) is 8.03. The van der Waals surface area contributed by atoms with Crippen LogP contribution in [0.25, 0.3) is 65.4 Å². The van der Waals surface area contributed by atoms with Crippen molar-refractivity contribution >= 4 is 71.4 Å². The fraction of sp³-hybridized carbons (Fsp3) is 0. The van der Waals surface area contributed by atoms with E-state index >= 15 is 0 Å². The summed E-state index contributed by atoms with van der Waals surface area (Å²) in [5, 5.41) is 20.4. The Kier molecular flexibility index (Phi) is 5.18. The van der Waals surface area contributed by atoms with Gasteiger partial charge in [0.15, 0.2) is 11.5 Å². The molecule has 0 amide bonds. The van der Waals surface area contributed by atoms with Crippen molar-refractivity contribution in [3.05, 3.63) is 137 Å². The van der Waals surface area contributed by atoms with Gasteiger partial charge in [0.1, 0.15) is 11.3 Å². The predicted octanol–water partition coefficient (Wildman–Crippen LogP) is 10.3. The van der Waals surface area contributed by atoms with Crippen molar-refractivity contribution in [3.8, 4) is 17.1 Å². The van der Waals surface area contributed by atoms with E-state index in [9.17, 15) is 9.90 Å². The number of hydrogen-bond donors (Lipinski definition) is 1. The van der Waals surface area contributed by atoms with Gasteiger partial charge in [0, 0.05) is 26.7 Å². The monoisotopic (exact) mass is 548 g/mol. The van der Waals surface area contributed by atoms with Crippen molar-refractivity contribution in [2.45, 2.75) is 0 Å². The molecule has 8 aromatic rings. The van der Waals surface area contributed by atoms with Gasteiger partial charge in [-0.05, 0) is 56.6 Å².